The van der Waals surface area contributed by atoms with E-state index >= 15 is 0 Å². The Balaban J connectivity index is 0.000000196. The van der Waals surface area contributed by atoms with Crippen LogP contribution in [0.4, 0.5) is 10.1 Å². The minimum atomic E-state index is -0.738. The molecule has 0 aliphatic heterocycles. The van der Waals surface area contributed by atoms with Crippen LogP contribution in [0.2, 0.25) is 5.02 Å². The molecule has 0 radical (unpaired) electrons. The van der Waals surface area contributed by atoms with Gasteiger partial charge in [-0.15, -0.1) is 0 Å². The molecule has 0 saturated carbocycles. The van der Waals surface area contributed by atoms with Crippen LogP contribution >= 0.6 is 11.6 Å². The van der Waals surface area contributed by atoms with Crippen molar-refractivity contribution in [2.24, 2.45) is 5.73 Å². The van der Waals surface area contributed by atoms with E-state index in [1.165, 1.54) is 60.7 Å². The van der Waals surface area contributed by atoms with Crippen molar-refractivity contribution < 1.29 is 9.18 Å². The summed E-state index contributed by atoms with van der Waals surface area (Å²) in [4.78, 5) is 10.4. The Kier molecular flexibility index (Phi) is 7.02. The maximum Gasteiger partial charge on any atom is 0.251 e. The van der Waals surface area contributed by atoms with Crippen molar-refractivity contribution in [1.82, 2.24) is 0 Å². The predicted octanol–water partition coefficient (Wildman–Crippen LogP) is 5.26. The van der Waals surface area contributed by atoms with Crippen LogP contribution in [-0.2, 0) is 0 Å². The van der Waals surface area contributed by atoms with Crippen molar-refractivity contribution in [2.45, 2.75) is 25.7 Å². The zero-order valence-electron chi connectivity index (χ0n) is 14.2. The maximum absolute atomic E-state index is 12.5. The first-order valence-corrected chi connectivity index (χ1v) is 8.61. The highest BCUT2D eigenvalue weighted by Crippen LogP contribution is 2.33. The number of carbonyl (C=O) groups is 1. The number of primary amides is 1. The molecule has 1 aliphatic rings. The van der Waals surface area contributed by atoms with E-state index in [0.717, 1.165) is 5.02 Å². The molecule has 1 aliphatic carbocycles. The van der Waals surface area contributed by atoms with Crippen LogP contribution in [0.3, 0.4) is 0 Å². The third-order valence-corrected chi connectivity index (χ3v) is 4.26. The molecule has 0 spiro atoms. The van der Waals surface area contributed by atoms with Crippen LogP contribution in [-0.4, -0.2) is 13.0 Å². The molecule has 0 unspecified atom stereocenters. The van der Waals surface area contributed by atoms with Crippen molar-refractivity contribution in [2.75, 3.05) is 12.4 Å². The van der Waals surface area contributed by atoms with Gasteiger partial charge < -0.3 is 11.1 Å². The number of benzene rings is 2. The Bertz CT molecular complexity index is 774. The lowest BCUT2D eigenvalue weighted by Crippen LogP contribution is -2.12. The molecule has 3 rings (SSSR count). The van der Waals surface area contributed by atoms with E-state index in [4.69, 9.17) is 17.3 Å². The smallest absolute Gasteiger partial charge is 0.251 e. The molecule has 0 saturated heterocycles. The van der Waals surface area contributed by atoms with Gasteiger partial charge in [-0.2, -0.15) is 0 Å². The molecule has 2 aromatic carbocycles. The quantitative estimate of drug-likeness (QED) is 0.784. The monoisotopic (exact) mass is 360 g/mol. The number of rotatable bonds is 3. The number of hydrogen-bond donors (Lipinski definition) is 2. The van der Waals surface area contributed by atoms with Crippen molar-refractivity contribution in [3.05, 3.63) is 70.5 Å². The minimum absolute atomic E-state index is 0.0671. The normalized spacial score (nSPS) is 13.3. The fourth-order valence-corrected chi connectivity index (χ4v) is 2.92. The zero-order chi connectivity index (χ0) is 18.2. The zero-order valence-corrected chi connectivity index (χ0v) is 14.9. The Hall–Kier alpha value is -2.33. The molecule has 3 nitrogen and oxygen atoms in total. The molecule has 132 valence electrons. The summed E-state index contributed by atoms with van der Waals surface area (Å²) in [6.07, 6.45) is 7.33. The first-order valence-electron chi connectivity index (χ1n) is 8.24. The number of amides is 1. The van der Waals surface area contributed by atoms with Gasteiger partial charge in [0.15, 0.2) is 0 Å². The molecule has 1 amide bonds. The predicted molar refractivity (Wildman–Crippen MR) is 102 cm³/mol. The molecule has 2 aromatic rings. The molecule has 0 aromatic heterocycles. The molecule has 0 heterocycles. The molecule has 0 fully saturated rings. The van der Waals surface area contributed by atoms with E-state index in [2.05, 4.69) is 17.5 Å². The van der Waals surface area contributed by atoms with E-state index in [9.17, 15) is 9.18 Å². The van der Waals surface area contributed by atoms with E-state index in [1.54, 1.807) is 6.07 Å². The highest BCUT2D eigenvalue weighted by Gasteiger charge is 2.10. The van der Waals surface area contributed by atoms with Crippen molar-refractivity contribution >= 4 is 28.8 Å². The van der Waals surface area contributed by atoms with Gasteiger partial charge >= 0.3 is 0 Å². The maximum atomic E-state index is 12.5. The van der Waals surface area contributed by atoms with Gasteiger partial charge in [0.25, 0.3) is 5.91 Å². The largest absolute Gasteiger partial charge is 0.388 e. The van der Waals surface area contributed by atoms with E-state index < -0.39 is 11.7 Å². The second-order valence-corrected chi connectivity index (χ2v) is 6.20. The van der Waals surface area contributed by atoms with Gasteiger partial charge in [-0.1, -0.05) is 29.8 Å². The van der Waals surface area contributed by atoms with Crippen LogP contribution in [0.15, 0.2) is 48.5 Å². The average Bonchev–Trinajstić information content (AvgIpc) is 2.63. The van der Waals surface area contributed by atoms with Gasteiger partial charge in [0, 0.05) is 23.3 Å². The summed E-state index contributed by atoms with van der Waals surface area (Å²) in [6.45, 7) is 0. The number of anilines is 1. The first kappa shape index (κ1) is 19.0. The summed E-state index contributed by atoms with van der Waals surface area (Å²) in [5.74, 6) is -1.31. The lowest BCUT2D eigenvalue weighted by molar-refractivity contribution is 0.0996. The number of hydrogen-bond acceptors (Lipinski definition) is 2. The highest BCUT2D eigenvalue weighted by molar-refractivity contribution is 6.30. The first-order chi connectivity index (χ1) is 12.0. The van der Waals surface area contributed by atoms with E-state index in [0.29, 0.717) is 0 Å². The van der Waals surface area contributed by atoms with Crippen molar-refractivity contribution in [1.29, 1.82) is 0 Å². The van der Waals surface area contributed by atoms with Gasteiger partial charge in [-0.05, 0) is 61.6 Å². The van der Waals surface area contributed by atoms with Crippen LogP contribution < -0.4 is 11.1 Å². The topological polar surface area (TPSA) is 55.1 Å². The average molecular weight is 361 g/mol. The molecule has 0 atom stereocenters. The summed E-state index contributed by atoms with van der Waals surface area (Å²) < 4.78 is 12.5. The fourth-order valence-electron chi connectivity index (χ4n) is 2.74. The van der Waals surface area contributed by atoms with Gasteiger partial charge in [-0.25, -0.2) is 4.39 Å². The summed E-state index contributed by atoms with van der Waals surface area (Å²) in [6, 6.07) is 11.6. The minimum Gasteiger partial charge on any atom is -0.388 e. The van der Waals surface area contributed by atoms with E-state index in [-0.39, 0.29) is 5.56 Å². The van der Waals surface area contributed by atoms with Gasteiger partial charge in [0.05, 0.1) is 5.56 Å². The molecule has 0 bridgehead atoms. The van der Waals surface area contributed by atoms with E-state index in [1.807, 2.05) is 19.2 Å². The summed E-state index contributed by atoms with van der Waals surface area (Å²) in [5, 5.41) is 4.04. The SMILES string of the molecule is CNc1ccc(Cl)cc1C1=CCCCC1.NC(=O)c1ccccc1F. The number of halogens is 2. The van der Waals surface area contributed by atoms with Gasteiger partial charge in [-0.3, -0.25) is 4.79 Å². The number of nitrogens with two attached hydrogens (primary N) is 1. The number of carbonyl (C=O) groups excluding carboxylic acids is 1. The molecular formula is C20H22ClFN2O. The molecule has 25 heavy (non-hydrogen) atoms. The summed E-state index contributed by atoms with van der Waals surface area (Å²) in [5.41, 5.74) is 8.65. The fraction of sp³-hybridized carbons (Fsp3) is 0.250. The second kappa shape index (κ2) is 9.23. The standard InChI is InChI=1S/C13H16ClN.C7H6FNO/c1-15-13-8-7-11(14)9-12(13)10-5-3-2-4-6-10;8-6-4-2-1-3-5(6)7(9)10/h5,7-9,15H,2-4,6H2,1H3;1-4H,(H2,9,10). The Labute approximate surface area is 152 Å². The lowest BCUT2D eigenvalue weighted by atomic mass is 9.93. The van der Waals surface area contributed by atoms with Crippen molar-refractivity contribution in [3.63, 3.8) is 0 Å². The third-order valence-electron chi connectivity index (χ3n) is 4.03. The third kappa shape index (κ3) is 5.33. The summed E-state index contributed by atoms with van der Waals surface area (Å²) in [7, 11) is 1.95. The molecule has 3 N–H and O–H groups in total. The Morgan fingerprint density at radius 3 is 2.52 bits per heavy atom. The second-order valence-electron chi connectivity index (χ2n) is 5.76. The number of nitrogens with one attached hydrogen (secondary N) is 1. The van der Waals surface area contributed by atoms with Crippen LogP contribution in [0.5, 0.6) is 0 Å². The Morgan fingerprint density at radius 1 is 1.20 bits per heavy atom. The van der Waals surface area contributed by atoms with Crippen molar-refractivity contribution in [3.8, 4) is 0 Å². The lowest BCUT2D eigenvalue weighted by Gasteiger charge is -2.16. The molecular weight excluding hydrogens is 339 g/mol. The molecule has 5 heteroatoms. The number of allylic oxidation sites excluding steroid dienone is 2. The highest BCUT2D eigenvalue weighted by atomic mass is 35.5. The van der Waals surface area contributed by atoms with Gasteiger partial charge in [0.1, 0.15) is 5.82 Å². The van der Waals surface area contributed by atoms with Gasteiger partial charge in [0.2, 0.25) is 0 Å². The van der Waals surface area contributed by atoms with Crippen LogP contribution in [0.25, 0.3) is 5.57 Å². The Morgan fingerprint density at radius 2 is 1.96 bits per heavy atom. The van der Waals surface area contributed by atoms with Crippen LogP contribution in [0, 0.1) is 5.82 Å². The summed E-state index contributed by atoms with van der Waals surface area (Å²) >= 11 is 6.04. The van der Waals surface area contributed by atoms with Crippen LogP contribution in [0.1, 0.15) is 41.6 Å².